The quantitative estimate of drug-likeness (QED) is 0.817. The van der Waals surface area contributed by atoms with E-state index in [1.807, 2.05) is 12.1 Å². The molecule has 0 saturated heterocycles. The monoisotopic (exact) mass is 286 g/mol. The summed E-state index contributed by atoms with van der Waals surface area (Å²) in [6.45, 7) is 5.13. The highest BCUT2D eigenvalue weighted by Gasteiger charge is 2.07. The smallest absolute Gasteiger partial charge is 0.217 e. The molecule has 3 nitrogen and oxygen atoms in total. The van der Waals surface area contributed by atoms with Crippen LogP contribution in [0.1, 0.15) is 25.8 Å². The molecule has 2 unspecified atom stereocenters. The first-order valence-electron chi connectivity index (χ1n) is 5.48. The van der Waals surface area contributed by atoms with Crippen LogP contribution in [0.4, 0.5) is 0 Å². The lowest BCUT2D eigenvalue weighted by molar-refractivity contribution is 0.388. The summed E-state index contributed by atoms with van der Waals surface area (Å²) in [7, 11) is 1.65. The Morgan fingerprint density at radius 3 is 2.88 bits per heavy atom. The zero-order valence-corrected chi connectivity index (χ0v) is 11.6. The molecule has 4 heteroatoms. The Balaban J connectivity index is 2.47. The Hall–Kier alpha value is -0.610. The number of methoxy groups -OCH3 is 1. The van der Waals surface area contributed by atoms with Crippen molar-refractivity contribution >= 4 is 15.9 Å². The standard InChI is InChI=1S/C12H19BrN2O/c1-9(13)7-10(2)15-8-11-5-4-6-14-12(11)16-3/h4-6,9-10,15H,7-8H2,1-3H3. The highest BCUT2D eigenvalue weighted by molar-refractivity contribution is 9.09. The van der Waals surface area contributed by atoms with Gasteiger partial charge in [0.1, 0.15) is 0 Å². The Labute approximate surface area is 106 Å². The first-order valence-corrected chi connectivity index (χ1v) is 6.40. The lowest BCUT2D eigenvalue weighted by Gasteiger charge is -2.15. The summed E-state index contributed by atoms with van der Waals surface area (Å²) in [5.41, 5.74) is 1.10. The number of nitrogens with one attached hydrogen (secondary N) is 1. The summed E-state index contributed by atoms with van der Waals surface area (Å²) in [5, 5.41) is 3.45. The molecule has 1 N–H and O–H groups in total. The summed E-state index contributed by atoms with van der Waals surface area (Å²) in [6, 6.07) is 4.43. The molecule has 0 aliphatic heterocycles. The van der Waals surface area contributed by atoms with E-state index in [4.69, 9.17) is 4.74 Å². The molecule has 1 aromatic rings. The van der Waals surface area contributed by atoms with Crippen molar-refractivity contribution < 1.29 is 4.74 Å². The van der Waals surface area contributed by atoms with E-state index in [-0.39, 0.29) is 0 Å². The average Bonchev–Trinajstić information content (AvgIpc) is 2.26. The third-order valence-electron chi connectivity index (χ3n) is 2.36. The van der Waals surface area contributed by atoms with Gasteiger partial charge in [0.25, 0.3) is 0 Å². The van der Waals surface area contributed by atoms with E-state index in [1.54, 1.807) is 13.3 Å². The molecule has 0 aromatic carbocycles. The van der Waals surface area contributed by atoms with Gasteiger partial charge in [-0.2, -0.15) is 0 Å². The summed E-state index contributed by atoms with van der Waals surface area (Å²) in [6.07, 6.45) is 2.84. The largest absolute Gasteiger partial charge is 0.481 e. The van der Waals surface area contributed by atoms with Gasteiger partial charge in [0.15, 0.2) is 0 Å². The van der Waals surface area contributed by atoms with Gasteiger partial charge in [-0.05, 0) is 19.4 Å². The van der Waals surface area contributed by atoms with Crippen LogP contribution in [0, 0.1) is 0 Å². The first-order chi connectivity index (χ1) is 7.63. The van der Waals surface area contributed by atoms with Crippen molar-refractivity contribution in [1.29, 1.82) is 0 Å². The lowest BCUT2D eigenvalue weighted by atomic mass is 10.2. The van der Waals surface area contributed by atoms with E-state index >= 15 is 0 Å². The SMILES string of the molecule is COc1ncccc1CNC(C)CC(C)Br. The van der Waals surface area contributed by atoms with Gasteiger partial charge >= 0.3 is 0 Å². The van der Waals surface area contributed by atoms with Gasteiger partial charge in [0, 0.05) is 29.2 Å². The van der Waals surface area contributed by atoms with E-state index in [1.165, 1.54) is 0 Å². The summed E-state index contributed by atoms with van der Waals surface area (Å²) >= 11 is 3.55. The van der Waals surface area contributed by atoms with Crippen molar-refractivity contribution in [3.8, 4) is 5.88 Å². The van der Waals surface area contributed by atoms with Gasteiger partial charge in [-0.1, -0.05) is 28.9 Å². The predicted octanol–water partition coefficient (Wildman–Crippen LogP) is 2.74. The summed E-state index contributed by atoms with van der Waals surface area (Å²) in [4.78, 5) is 4.70. The molecule has 1 aromatic heterocycles. The van der Waals surface area contributed by atoms with Crippen molar-refractivity contribution in [2.45, 2.75) is 37.7 Å². The molecular weight excluding hydrogens is 268 g/mol. The maximum atomic E-state index is 5.20. The second kappa shape index (κ2) is 6.86. The third kappa shape index (κ3) is 4.49. The van der Waals surface area contributed by atoms with E-state index in [0.29, 0.717) is 16.7 Å². The number of rotatable bonds is 6. The van der Waals surface area contributed by atoms with E-state index in [0.717, 1.165) is 18.5 Å². The van der Waals surface area contributed by atoms with Crippen molar-refractivity contribution in [1.82, 2.24) is 10.3 Å². The molecule has 1 rings (SSSR count). The maximum Gasteiger partial charge on any atom is 0.217 e. The van der Waals surface area contributed by atoms with E-state index < -0.39 is 0 Å². The Bertz CT molecular complexity index is 318. The van der Waals surface area contributed by atoms with E-state index in [2.05, 4.69) is 40.1 Å². The van der Waals surface area contributed by atoms with Gasteiger partial charge in [-0.25, -0.2) is 4.98 Å². The summed E-state index contributed by atoms with van der Waals surface area (Å²) < 4.78 is 5.20. The minimum Gasteiger partial charge on any atom is -0.481 e. The van der Waals surface area contributed by atoms with Crippen LogP contribution < -0.4 is 10.1 Å². The van der Waals surface area contributed by atoms with Crippen LogP contribution >= 0.6 is 15.9 Å². The number of nitrogens with zero attached hydrogens (tertiary/aromatic N) is 1. The molecule has 0 aliphatic carbocycles. The molecule has 0 fully saturated rings. The van der Waals surface area contributed by atoms with Gasteiger partial charge < -0.3 is 10.1 Å². The maximum absolute atomic E-state index is 5.20. The topological polar surface area (TPSA) is 34.1 Å². The molecule has 0 aliphatic rings. The average molecular weight is 287 g/mol. The fourth-order valence-electron chi connectivity index (χ4n) is 1.60. The molecule has 0 radical (unpaired) electrons. The Kier molecular flexibility index (Phi) is 5.77. The van der Waals surface area contributed by atoms with Gasteiger partial charge in [-0.15, -0.1) is 0 Å². The van der Waals surface area contributed by atoms with Crippen LogP contribution in [0.5, 0.6) is 5.88 Å². The van der Waals surface area contributed by atoms with Crippen molar-refractivity contribution in [3.63, 3.8) is 0 Å². The van der Waals surface area contributed by atoms with E-state index in [9.17, 15) is 0 Å². The number of hydrogen-bond acceptors (Lipinski definition) is 3. The summed E-state index contributed by atoms with van der Waals surface area (Å²) in [5.74, 6) is 0.703. The van der Waals surface area contributed by atoms with Crippen LogP contribution in [0.2, 0.25) is 0 Å². The van der Waals surface area contributed by atoms with Gasteiger partial charge in [0.2, 0.25) is 5.88 Å². The highest BCUT2D eigenvalue weighted by Crippen LogP contribution is 2.14. The lowest BCUT2D eigenvalue weighted by Crippen LogP contribution is -2.27. The highest BCUT2D eigenvalue weighted by atomic mass is 79.9. The zero-order valence-electron chi connectivity index (χ0n) is 10.0. The number of aromatic nitrogens is 1. The molecule has 1 heterocycles. The predicted molar refractivity (Wildman–Crippen MR) is 70.1 cm³/mol. The van der Waals surface area contributed by atoms with Crippen LogP contribution in [0.15, 0.2) is 18.3 Å². The number of pyridine rings is 1. The van der Waals surface area contributed by atoms with Crippen molar-refractivity contribution in [3.05, 3.63) is 23.9 Å². The number of halogens is 1. The molecule has 0 spiro atoms. The second-order valence-electron chi connectivity index (χ2n) is 3.97. The minimum atomic E-state index is 0.472. The molecule has 2 atom stereocenters. The number of alkyl halides is 1. The Morgan fingerprint density at radius 1 is 1.50 bits per heavy atom. The van der Waals surface area contributed by atoms with Crippen molar-refractivity contribution in [2.75, 3.05) is 7.11 Å². The fourth-order valence-corrected chi connectivity index (χ4v) is 2.16. The zero-order chi connectivity index (χ0) is 12.0. The first kappa shape index (κ1) is 13.5. The van der Waals surface area contributed by atoms with Crippen LogP contribution in [0.3, 0.4) is 0 Å². The number of ether oxygens (including phenoxy) is 1. The fraction of sp³-hybridized carbons (Fsp3) is 0.583. The van der Waals surface area contributed by atoms with Crippen molar-refractivity contribution in [2.24, 2.45) is 0 Å². The third-order valence-corrected chi connectivity index (χ3v) is 2.74. The number of hydrogen-bond donors (Lipinski definition) is 1. The Morgan fingerprint density at radius 2 is 2.25 bits per heavy atom. The molecule has 16 heavy (non-hydrogen) atoms. The van der Waals surface area contributed by atoms with Crippen LogP contribution in [-0.2, 0) is 6.54 Å². The molecule has 0 saturated carbocycles. The molecule has 90 valence electrons. The normalized spacial score (nSPS) is 14.5. The van der Waals surface area contributed by atoms with Gasteiger partial charge in [0.05, 0.1) is 7.11 Å². The molecule has 0 bridgehead atoms. The van der Waals surface area contributed by atoms with Gasteiger partial charge in [-0.3, -0.25) is 0 Å². The minimum absolute atomic E-state index is 0.472. The van der Waals surface area contributed by atoms with Crippen LogP contribution in [0.25, 0.3) is 0 Å². The molecular formula is C12H19BrN2O. The second-order valence-corrected chi connectivity index (χ2v) is 5.53. The van der Waals surface area contributed by atoms with Crippen LogP contribution in [-0.4, -0.2) is 23.0 Å². The molecule has 0 amide bonds.